The van der Waals surface area contributed by atoms with Gasteiger partial charge in [-0.05, 0) is 160 Å². The fraction of sp³-hybridized carbons (Fsp3) is 0.435. The van der Waals surface area contributed by atoms with Crippen LogP contribution in [-0.4, -0.2) is 37.1 Å². The number of hydrogen-bond acceptors (Lipinski definition) is 8. The van der Waals surface area contributed by atoms with Crippen molar-refractivity contribution in [3.63, 3.8) is 0 Å². The van der Waals surface area contributed by atoms with E-state index in [1.54, 1.807) is 12.1 Å². The number of esters is 4. The zero-order chi connectivity index (χ0) is 38.3. The lowest BCUT2D eigenvalue weighted by Gasteiger charge is -2.29. The van der Waals surface area contributed by atoms with Crippen molar-refractivity contribution in [1.29, 1.82) is 0 Å². The van der Waals surface area contributed by atoms with Crippen molar-refractivity contribution in [2.75, 3.05) is 13.2 Å². The van der Waals surface area contributed by atoms with Crippen molar-refractivity contribution >= 4 is 23.9 Å². The molecule has 0 amide bonds. The fourth-order valence-corrected chi connectivity index (χ4v) is 7.81. The molecule has 0 aromatic heterocycles. The van der Waals surface area contributed by atoms with Gasteiger partial charge < -0.3 is 18.9 Å². The maximum absolute atomic E-state index is 13.3. The molecular formula is C46H54O8. The lowest BCUT2D eigenvalue weighted by atomic mass is 9.77. The molecule has 5 rings (SSSR count). The normalized spacial score (nSPS) is 19.6. The molecule has 0 aliphatic heterocycles. The highest BCUT2D eigenvalue weighted by Crippen LogP contribution is 2.39. The number of rotatable bonds is 17. The van der Waals surface area contributed by atoms with E-state index in [4.69, 9.17) is 18.9 Å². The summed E-state index contributed by atoms with van der Waals surface area (Å²) in [4.78, 5) is 49.1. The van der Waals surface area contributed by atoms with Crippen LogP contribution in [0.5, 0.6) is 11.5 Å². The monoisotopic (exact) mass is 734 g/mol. The Hall–Kier alpha value is -4.98. The van der Waals surface area contributed by atoms with Gasteiger partial charge >= 0.3 is 23.9 Å². The second-order valence-electron chi connectivity index (χ2n) is 14.6. The van der Waals surface area contributed by atoms with Crippen molar-refractivity contribution in [3.05, 3.63) is 120 Å². The van der Waals surface area contributed by atoms with E-state index < -0.39 is 11.9 Å². The SMILES string of the molecule is C=CC(=O)OCCCC1CCC(c2ccc(C(=O)Oc3ccc(CC)cc3OC(=O)c3ccc(C4CCC(CCCOC(=O)C=C)CC4)cc3)cc2)CC1. The van der Waals surface area contributed by atoms with Crippen molar-refractivity contribution in [1.82, 2.24) is 0 Å². The Morgan fingerprint density at radius 3 is 1.43 bits per heavy atom. The molecule has 8 nitrogen and oxygen atoms in total. The lowest BCUT2D eigenvalue weighted by molar-refractivity contribution is -0.138. The van der Waals surface area contributed by atoms with E-state index in [9.17, 15) is 19.2 Å². The van der Waals surface area contributed by atoms with Crippen LogP contribution in [0.1, 0.15) is 133 Å². The van der Waals surface area contributed by atoms with E-state index in [1.165, 1.54) is 23.3 Å². The van der Waals surface area contributed by atoms with Gasteiger partial charge in [0.15, 0.2) is 11.5 Å². The van der Waals surface area contributed by atoms with Crippen LogP contribution in [-0.2, 0) is 25.5 Å². The second kappa shape index (κ2) is 20.5. The molecule has 286 valence electrons. The molecule has 0 radical (unpaired) electrons. The molecule has 0 spiro atoms. The van der Waals surface area contributed by atoms with Crippen LogP contribution in [0.3, 0.4) is 0 Å². The average Bonchev–Trinajstić information content (AvgIpc) is 3.22. The van der Waals surface area contributed by atoms with Crippen LogP contribution < -0.4 is 9.47 Å². The molecule has 2 fully saturated rings. The molecule has 0 N–H and O–H groups in total. The second-order valence-corrected chi connectivity index (χ2v) is 14.6. The minimum Gasteiger partial charge on any atom is -0.463 e. The van der Waals surface area contributed by atoms with Gasteiger partial charge in [0.05, 0.1) is 24.3 Å². The first-order valence-electron chi connectivity index (χ1n) is 19.6. The van der Waals surface area contributed by atoms with Crippen LogP contribution in [0.15, 0.2) is 92.0 Å². The molecule has 3 aromatic rings. The summed E-state index contributed by atoms with van der Waals surface area (Å²) in [5, 5.41) is 0. The molecule has 0 bridgehead atoms. The number of benzene rings is 3. The zero-order valence-electron chi connectivity index (χ0n) is 31.6. The standard InChI is InChI=1S/C46H54O8/c1-4-32-15-28-41(53-45(49)39-24-20-37(21-25-39)35-16-11-33(12-17-35)9-7-29-51-43(47)5-2)42(31-32)54-46(50)40-26-22-38(23-27-40)36-18-13-34(14-19-36)10-8-30-52-44(48)6-3/h5-6,15,20-28,31,33-36H,2-4,7-14,16-19,29-30H2,1H3. The van der Waals surface area contributed by atoms with Gasteiger partial charge in [-0.3, -0.25) is 0 Å². The Morgan fingerprint density at radius 1 is 0.593 bits per heavy atom. The third kappa shape index (κ3) is 11.8. The van der Waals surface area contributed by atoms with Gasteiger partial charge in [0.1, 0.15) is 0 Å². The Labute approximate surface area is 319 Å². The molecule has 8 heteroatoms. The van der Waals surface area contributed by atoms with Gasteiger partial charge in [-0.15, -0.1) is 0 Å². The topological polar surface area (TPSA) is 105 Å². The molecular weight excluding hydrogens is 680 g/mol. The summed E-state index contributed by atoms with van der Waals surface area (Å²) in [5.74, 6) is 0.799. The van der Waals surface area contributed by atoms with E-state index in [1.807, 2.05) is 61.5 Å². The van der Waals surface area contributed by atoms with E-state index >= 15 is 0 Å². The minimum atomic E-state index is -0.515. The highest BCUT2D eigenvalue weighted by Gasteiger charge is 2.25. The average molecular weight is 735 g/mol. The van der Waals surface area contributed by atoms with E-state index in [0.29, 0.717) is 48.0 Å². The van der Waals surface area contributed by atoms with Gasteiger partial charge in [0, 0.05) is 12.2 Å². The predicted molar refractivity (Wildman–Crippen MR) is 209 cm³/mol. The third-order valence-corrected chi connectivity index (χ3v) is 11.1. The van der Waals surface area contributed by atoms with Crippen molar-refractivity contribution in [2.24, 2.45) is 11.8 Å². The molecule has 3 aromatic carbocycles. The predicted octanol–water partition coefficient (Wildman–Crippen LogP) is 10.3. The smallest absolute Gasteiger partial charge is 0.343 e. The highest BCUT2D eigenvalue weighted by molar-refractivity contribution is 5.93. The van der Waals surface area contributed by atoms with Crippen LogP contribution in [0.2, 0.25) is 0 Å². The van der Waals surface area contributed by atoms with Gasteiger partial charge in [-0.2, -0.15) is 0 Å². The maximum Gasteiger partial charge on any atom is 0.343 e. The van der Waals surface area contributed by atoms with E-state index in [0.717, 1.165) is 89.0 Å². The Bertz CT molecular complexity index is 1730. The molecule has 0 saturated heterocycles. The fourth-order valence-electron chi connectivity index (χ4n) is 7.81. The molecule has 2 aliphatic carbocycles. The molecule has 2 saturated carbocycles. The van der Waals surface area contributed by atoms with E-state index in [2.05, 4.69) is 13.2 Å². The molecule has 2 aliphatic rings. The quantitative estimate of drug-likeness (QED) is 0.0584. The largest absolute Gasteiger partial charge is 0.463 e. The number of ether oxygens (including phenoxy) is 4. The van der Waals surface area contributed by atoms with Crippen molar-refractivity contribution < 1.29 is 38.1 Å². The minimum absolute atomic E-state index is 0.194. The Kier molecular flexibility index (Phi) is 15.2. The number of carbonyl (C=O) groups excluding carboxylic acids is 4. The van der Waals surface area contributed by atoms with Crippen molar-refractivity contribution in [2.45, 2.75) is 102 Å². The maximum atomic E-state index is 13.3. The van der Waals surface area contributed by atoms with Crippen LogP contribution in [0.25, 0.3) is 0 Å². The Balaban J connectivity index is 1.11. The van der Waals surface area contributed by atoms with Gasteiger partial charge in [0.2, 0.25) is 0 Å². The van der Waals surface area contributed by atoms with Crippen LogP contribution in [0.4, 0.5) is 0 Å². The first-order chi connectivity index (χ1) is 26.3. The number of carbonyl (C=O) groups is 4. The van der Waals surface area contributed by atoms with E-state index in [-0.39, 0.29) is 23.4 Å². The Morgan fingerprint density at radius 2 is 1.02 bits per heavy atom. The number of hydrogen-bond donors (Lipinski definition) is 0. The first-order valence-corrected chi connectivity index (χ1v) is 19.6. The summed E-state index contributed by atoms with van der Waals surface area (Å²) < 4.78 is 21.9. The number of aryl methyl sites for hydroxylation is 1. The van der Waals surface area contributed by atoms with Crippen LogP contribution >= 0.6 is 0 Å². The summed E-state index contributed by atoms with van der Waals surface area (Å²) in [7, 11) is 0. The summed E-state index contributed by atoms with van der Waals surface area (Å²) in [6.07, 6.45) is 15.8. The zero-order valence-corrected chi connectivity index (χ0v) is 31.6. The molecule has 0 heterocycles. The van der Waals surface area contributed by atoms with Crippen LogP contribution in [0, 0.1) is 11.8 Å². The third-order valence-electron chi connectivity index (χ3n) is 11.1. The highest BCUT2D eigenvalue weighted by atomic mass is 16.6. The first kappa shape index (κ1) is 40.2. The molecule has 0 atom stereocenters. The van der Waals surface area contributed by atoms with Gasteiger partial charge in [0.25, 0.3) is 0 Å². The summed E-state index contributed by atoms with van der Waals surface area (Å²) in [6, 6.07) is 20.6. The van der Waals surface area contributed by atoms with Gasteiger partial charge in [-0.25, -0.2) is 19.2 Å². The summed E-state index contributed by atoms with van der Waals surface area (Å²) in [5.41, 5.74) is 4.24. The summed E-state index contributed by atoms with van der Waals surface area (Å²) >= 11 is 0. The molecule has 54 heavy (non-hydrogen) atoms. The summed E-state index contributed by atoms with van der Waals surface area (Å²) in [6.45, 7) is 9.74. The lowest BCUT2D eigenvalue weighted by Crippen LogP contribution is -2.15. The molecule has 0 unspecified atom stereocenters. The van der Waals surface area contributed by atoms with Gasteiger partial charge in [-0.1, -0.05) is 50.4 Å². The van der Waals surface area contributed by atoms with Crippen molar-refractivity contribution in [3.8, 4) is 11.5 Å².